The number of ether oxygens (including phenoxy) is 6. The number of nitrogens with one attached hydrogen (secondary N) is 1. The Morgan fingerprint density at radius 1 is 0.325 bits per heavy atom. The molecule has 0 aromatic carbocycles. The zero-order chi connectivity index (χ0) is 82.4. The quantitative estimate of drug-likeness (QED) is 0.0199. The summed E-state index contributed by atoms with van der Waals surface area (Å²) in [5.41, 5.74) is 0. The van der Waals surface area contributed by atoms with Crippen LogP contribution in [0.1, 0.15) is 354 Å². The standard InChI is InChI=1S/C95H167NO18/c1-3-5-7-9-11-13-15-17-19-21-23-25-27-29-31-33-35-36-37-38-39-40-41-42-43-45-47-49-51-53-55-57-59-61-63-65-67-69-71-73-83(101)96-78(79(100)72-70-68-66-64-62-60-58-56-54-52-50-48-46-44-34-32-30-28-26-24-22-20-18-16-14-12-10-8-6-4-2)77-109-93-89(107)86(104)91(81(75-98)111-93)114-95-90(108)87(105)92(82(76-99)112-95)113-94-88(106)85(103)84(102)80(74-97)110-94/h5,7,11,13,17,19,23,25,29,31,35-36,38-39,62,64,70,72,78-82,84-95,97-100,102-108H,3-4,6,8-10,12,14-16,18,20-22,24,26-28,30,32-34,37,40-61,63,65-69,71,73-77H2,1-2H3,(H,96,101)/b7-5-,13-11-,19-17-,25-23-,31-29-,36-35-,39-38-,64-62+,72-70+. The fourth-order valence-corrected chi connectivity index (χ4v) is 15.0. The molecule has 3 fully saturated rings. The lowest BCUT2D eigenvalue weighted by Gasteiger charge is -2.48. The van der Waals surface area contributed by atoms with Crippen LogP contribution in [0.3, 0.4) is 0 Å². The van der Waals surface area contributed by atoms with E-state index in [-0.39, 0.29) is 18.9 Å². The minimum Gasteiger partial charge on any atom is -0.394 e. The molecule has 3 aliphatic rings. The number of amides is 1. The van der Waals surface area contributed by atoms with Gasteiger partial charge in [0.2, 0.25) is 5.91 Å². The summed E-state index contributed by atoms with van der Waals surface area (Å²) in [6.45, 7) is 1.65. The van der Waals surface area contributed by atoms with E-state index in [1.54, 1.807) is 6.08 Å². The van der Waals surface area contributed by atoms with Gasteiger partial charge >= 0.3 is 0 Å². The fourth-order valence-electron chi connectivity index (χ4n) is 15.0. The van der Waals surface area contributed by atoms with Gasteiger partial charge in [-0.25, -0.2) is 0 Å². The fraction of sp³-hybridized carbons (Fsp3) is 0.800. The topological polar surface area (TPSA) is 307 Å². The highest BCUT2D eigenvalue weighted by Gasteiger charge is 2.54. The van der Waals surface area contributed by atoms with Crippen molar-refractivity contribution in [1.29, 1.82) is 0 Å². The predicted molar refractivity (Wildman–Crippen MR) is 461 cm³/mol. The summed E-state index contributed by atoms with van der Waals surface area (Å²) >= 11 is 0. The van der Waals surface area contributed by atoms with Crippen molar-refractivity contribution >= 4 is 5.91 Å². The summed E-state index contributed by atoms with van der Waals surface area (Å²) in [6.07, 6.45) is 76.7. The van der Waals surface area contributed by atoms with E-state index in [2.05, 4.69) is 116 Å². The van der Waals surface area contributed by atoms with Crippen molar-refractivity contribution in [2.24, 2.45) is 0 Å². The Labute approximate surface area is 691 Å². The second-order valence-corrected chi connectivity index (χ2v) is 32.4. The molecule has 0 aliphatic carbocycles. The molecule has 0 bridgehead atoms. The number of rotatable bonds is 74. The lowest BCUT2D eigenvalue weighted by molar-refractivity contribution is -0.379. The average molecular weight is 1610 g/mol. The predicted octanol–water partition coefficient (Wildman–Crippen LogP) is 18.0. The van der Waals surface area contributed by atoms with E-state index in [1.165, 1.54) is 238 Å². The molecule has 1 amide bonds. The van der Waals surface area contributed by atoms with Crippen molar-refractivity contribution < 1.29 is 89.4 Å². The zero-order valence-corrected chi connectivity index (χ0v) is 71.3. The average Bonchev–Trinajstić information content (AvgIpc) is 0.783. The van der Waals surface area contributed by atoms with Gasteiger partial charge < -0.3 is 89.9 Å². The molecule has 3 saturated heterocycles. The van der Waals surface area contributed by atoms with Crippen molar-refractivity contribution in [3.63, 3.8) is 0 Å². The lowest BCUT2D eigenvalue weighted by Crippen LogP contribution is -2.66. The molecule has 17 atom stereocenters. The van der Waals surface area contributed by atoms with Gasteiger partial charge in [0.25, 0.3) is 0 Å². The maximum atomic E-state index is 13.5. The molecule has 0 aromatic rings. The van der Waals surface area contributed by atoms with Crippen molar-refractivity contribution in [2.45, 2.75) is 458 Å². The largest absolute Gasteiger partial charge is 0.394 e. The summed E-state index contributed by atoms with van der Waals surface area (Å²) in [7, 11) is 0. The summed E-state index contributed by atoms with van der Waals surface area (Å²) in [5.74, 6) is -0.283. The highest BCUT2D eigenvalue weighted by atomic mass is 16.8. The summed E-state index contributed by atoms with van der Waals surface area (Å²) < 4.78 is 34.5. The Bertz CT molecular complexity index is 2480. The Balaban J connectivity index is 1.32. The van der Waals surface area contributed by atoms with Crippen LogP contribution >= 0.6 is 0 Å². The number of allylic oxidation sites excluding steroid dienone is 17. The number of hydrogen-bond donors (Lipinski definition) is 12. The first kappa shape index (κ1) is 105. The second-order valence-electron chi connectivity index (χ2n) is 32.4. The number of aliphatic hydroxyl groups excluding tert-OH is 11. The maximum absolute atomic E-state index is 13.5. The Morgan fingerprint density at radius 2 is 0.614 bits per heavy atom. The lowest BCUT2D eigenvalue weighted by atomic mass is 9.96. The SMILES string of the molecule is CC/C=C\C/C=C\C/C=C\C/C=C\C/C=C\C/C=C\C/C=C\CCCCCCCCCCCCCCCCCCCC(=O)NC(COC1OC(CO)C(OC2OC(CO)C(OC3OC(CO)C(O)C(O)C3O)C(O)C2O)C(O)C1O)C(O)/C=C/CC/C=C/CCCCCCCCCCCCCCCCCCCCCCCCCC. The monoisotopic (exact) mass is 1610 g/mol. The van der Waals surface area contributed by atoms with Crippen LogP contribution in [0.15, 0.2) is 109 Å². The molecule has 0 aromatic heterocycles. The molecule has 3 aliphatic heterocycles. The summed E-state index contributed by atoms with van der Waals surface area (Å²) in [6, 6.07) is -0.997. The third-order valence-electron chi connectivity index (χ3n) is 22.3. The summed E-state index contributed by atoms with van der Waals surface area (Å²) in [5, 5.41) is 121. The van der Waals surface area contributed by atoms with Crippen LogP contribution in [0.2, 0.25) is 0 Å². The smallest absolute Gasteiger partial charge is 0.220 e. The van der Waals surface area contributed by atoms with Crippen molar-refractivity contribution in [3.8, 4) is 0 Å². The molecule has 19 nitrogen and oxygen atoms in total. The third kappa shape index (κ3) is 51.2. The molecule has 3 rings (SSSR count). The molecule has 3 heterocycles. The zero-order valence-electron chi connectivity index (χ0n) is 71.3. The number of carbonyl (C=O) groups is 1. The second kappa shape index (κ2) is 73.4. The van der Waals surface area contributed by atoms with E-state index >= 15 is 0 Å². The van der Waals surface area contributed by atoms with Crippen molar-refractivity contribution in [1.82, 2.24) is 5.32 Å². The molecule has 660 valence electrons. The Morgan fingerprint density at radius 3 is 0.982 bits per heavy atom. The van der Waals surface area contributed by atoms with E-state index in [0.29, 0.717) is 12.8 Å². The highest BCUT2D eigenvalue weighted by Crippen LogP contribution is 2.34. The van der Waals surface area contributed by atoms with Crippen molar-refractivity contribution in [3.05, 3.63) is 109 Å². The minimum atomic E-state index is -1.99. The van der Waals surface area contributed by atoms with Crippen LogP contribution in [0, 0.1) is 0 Å². The highest BCUT2D eigenvalue weighted by molar-refractivity contribution is 5.76. The Hall–Kier alpha value is -3.55. The molecule has 0 spiro atoms. The minimum absolute atomic E-state index is 0.232. The molecule has 17 unspecified atom stereocenters. The normalized spacial score (nSPS) is 25.2. The van der Waals surface area contributed by atoms with Gasteiger partial charge in [0, 0.05) is 6.42 Å². The van der Waals surface area contributed by atoms with Gasteiger partial charge in [-0.2, -0.15) is 0 Å². The van der Waals surface area contributed by atoms with E-state index < -0.39 is 124 Å². The van der Waals surface area contributed by atoms with Crippen LogP contribution in [0.5, 0.6) is 0 Å². The molecular weight excluding hydrogens is 1440 g/mol. The number of aliphatic hydroxyl groups is 11. The number of unbranched alkanes of at least 4 members (excludes halogenated alkanes) is 42. The van der Waals surface area contributed by atoms with E-state index in [4.69, 9.17) is 28.4 Å². The van der Waals surface area contributed by atoms with Gasteiger partial charge in [-0.3, -0.25) is 4.79 Å². The molecule has 114 heavy (non-hydrogen) atoms. The van der Waals surface area contributed by atoms with Crippen LogP contribution in [0.25, 0.3) is 0 Å². The molecule has 0 radical (unpaired) electrons. The first-order chi connectivity index (χ1) is 55.8. The number of hydrogen-bond acceptors (Lipinski definition) is 18. The van der Waals surface area contributed by atoms with Gasteiger partial charge in [-0.1, -0.05) is 367 Å². The molecule has 12 N–H and O–H groups in total. The summed E-state index contributed by atoms with van der Waals surface area (Å²) in [4.78, 5) is 13.5. The third-order valence-corrected chi connectivity index (χ3v) is 22.3. The van der Waals surface area contributed by atoms with E-state index in [1.807, 2.05) is 6.08 Å². The van der Waals surface area contributed by atoms with E-state index in [0.717, 1.165) is 83.5 Å². The Kier molecular flexibility index (Phi) is 67.4. The van der Waals surface area contributed by atoms with Gasteiger partial charge in [-0.15, -0.1) is 0 Å². The van der Waals surface area contributed by atoms with Gasteiger partial charge in [0.1, 0.15) is 73.2 Å². The first-order valence-corrected chi connectivity index (χ1v) is 46.1. The van der Waals surface area contributed by atoms with E-state index in [9.17, 15) is 61.0 Å². The van der Waals surface area contributed by atoms with Crippen LogP contribution < -0.4 is 5.32 Å². The first-order valence-electron chi connectivity index (χ1n) is 46.1. The molecule has 0 saturated carbocycles. The van der Waals surface area contributed by atoms with Crippen LogP contribution in [-0.4, -0.2) is 193 Å². The van der Waals surface area contributed by atoms with Crippen LogP contribution in [0.4, 0.5) is 0 Å². The maximum Gasteiger partial charge on any atom is 0.220 e. The van der Waals surface area contributed by atoms with Gasteiger partial charge in [0.05, 0.1) is 38.6 Å². The molecular formula is C95H167NO18. The van der Waals surface area contributed by atoms with Gasteiger partial charge in [0.15, 0.2) is 18.9 Å². The van der Waals surface area contributed by atoms with Crippen molar-refractivity contribution in [2.75, 3.05) is 26.4 Å². The molecule has 19 heteroatoms. The van der Waals surface area contributed by atoms with Crippen LogP contribution in [-0.2, 0) is 33.2 Å². The number of carbonyl (C=O) groups excluding carboxylic acids is 1. The van der Waals surface area contributed by atoms with Gasteiger partial charge in [-0.05, 0) is 89.9 Å².